The Labute approximate surface area is 389 Å². The second-order valence-electron chi connectivity index (χ2n) is 19.1. The minimum absolute atomic E-state index is 0.0559. The maximum absolute atomic E-state index is 6.54. The van der Waals surface area contributed by atoms with Gasteiger partial charge in [-0.15, -0.1) is 0 Å². The molecular formula is C62H46N4O. The smallest absolute Gasteiger partial charge is 0.156 e. The second kappa shape index (κ2) is 14.3. The Bertz CT molecular complexity index is 3670. The Morgan fingerprint density at radius 2 is 1.43 bits per heavy atom. The zero-order valence-corrected chi connectivity index (χ0v) is 36.9. The molecule has 0 fully saturated rings. The largest absolute Gasteiger partial charge is 0.460 e. The molecule has 0 radical (unpaired) electrons. The molecular weight excluding hydrogens is 817 g/mol. The van der Waals surface area contributed by atoms with Gasteiger partial charge in [0.15, 0.2) is 6.29 Å². The zero-order valence-electron chi connectivity index (χ0n) is 36.9. The summed E-state index contributed by atoms with van der Waals surface area (Å²) in [6, 6.07) is 58.8. The van der Waals surface area contributed by atoms with Gasteiger partial charge in [-0.25, -0.2) is 0 Å². The summed E-state index contributed by atoms with van der Waals surface area (Å²) < 4.78 is 9.08. The standard InChI is InChI=1S/C62H46N4O/c1-2-13-37(14-3-1)38-27-29-39(30-28-38)40-15-10-16-42(35-40)65-51-24-11-21-47-43-17-4-5-18-44(43)48-22-12-25-52-58(48)60-54(34-33-53(65)59(60)57(47)51)66(52)62-63-50-23-8-6-20-49(50)61(64-62)41-31-32-46-45-19-7-9-26-55(45)67-56(46)36-41/h1-2,4-13,15-35,41,54,60-64H,3,14,36H2. The van der Waals surface area contributed by atoms with Crippen molar-refractivity contribution in [3.63, 3.8) is 0 Å². The van der Waals surface area contributed by atoms with Crippen molar-refractivity contribution >= 4 is 51.0 Å². The van der Waals surface area contributed by atoms with E-state index in [0.29, 0.717) is 0 Å². The van der Waals surface area contributed by atoms with Crippen molar-refractivity contribution in [2.45, 2.75) is 43.6 Å². The summed E-state index contributed by atoms with van der Waals surface area (Å²) in [4.78, 5) is 2.66. The topological polar surface area (TPSA) is 45.4 Å². The third-order valence-corrected chi connectivity index (χ3v) is 15.7. The minimum atomic E-state index is -0.182. The predicted octanol–water partition coefficient (Wildman–Crippen LogP) is 14.7. The van der Waals surface area contributed by atoms with Crippen molar-refractivity contribution in [1.29, 1.82) is 0 Å². The van der Waals surface area contributed by atoms with E-state index < -0.39 is 0 Å². The number of furan rings is 1. The summed E-state index contributed by atoms with van der Waals surface area (Å²) >= 11 is 0. The number of benzene rings is 7. The quantitative estimate of drug-likeness (QED) is 0.181. The number of fused-ring (bicyclic) bond motifs is 7. The van der Waals surface area contributed by atoms with Crippen LogP contribution in [-0.2, 0) is 6.42 Å². The number of hydrogen-bond donors (Lipinski definition) is 2. The van der Waals surface area contributed by atoms with Crippen molar-refractivity contribution in [2.75, 3.05) is 10.2 Å². The van der Waals surface area contributed by atoms with Gasteiger partial charge in [-0.1, -0.05) is 158 Å². The van der Waals surface area contributed by atoms with E-state index in [2.05, 4.69) is 220 Å². The van der Waals surface area contributed by atoms with Gasteiger partial charge in [-0.2, -0.15) is 0 Å². The Morgan fingerprint density at radius 3 is 2.34 bits per heavy atom. The monoisotopic (exact) mass is 862 g/mol. The Hall–Kier alpha value is -7.86. The van der Waals surface area contributed by atoms with Crippen molar-refractivity contribution in [1.82, 2.24) is 9.88 Å². The lowest BCUT2D eigenvalue weighted by molar-refractivity contribution is 0.339. The fourth-order valence-corrected chi connectivity index (χ4v) is 12.8. The molecule has 0 bridgehead atoms. The number of hydrogen-bond acceptors (Lipinski definition) is 4. The van der Waals surface area contributed by atoms with Gasteiger partial charge in [-0.05, 0) is 117 Å². The SMILES string of the molecule is C1=CCCC(c2ccc(-c3cccc(-n4c5c6c7c(cccc74)-c4ccccc4-c4cccc7c4C6C(C=C5)N7C4Nc5ccccc5C(C5C=Cc6c(oc7ccccc67)C5)N4)c3)cc2)=C1. The Morgan fingerprint density at radius 1 is 0.642 bits per heavy atom. The van der Waals surface area contributed by atoms with Crippen molar-refractivity contribution in [3.8, 4) is 39.1 Å². The van der Waals surface area contributed by atoms with E-state index in [1.807, 2.05) is 0 Å². The van der Waals surface area contributed by atoms with E-state index in [0.717, 1.165) is 30.6 Å². The van der Waals surface area contributed by atoms with Gasteiger partial charge in [0, 0.05) is 57.7 Å². The summed E-state index contributed by atoms with van der Waals surface area (Å²) in [7, 11) is 0. The first kappa shape index (κ1) is 37.4. The first-order chi connectivity index (χ1) is 33.2. The summed E-state index contributed by atoms with van der Waals surface area (Å²) in [6.07, 6.45) is 19.2. The van der Waals surface area contributed by atoms with Crippen LogP contribution >= 0.6 is 0 Å². The van der Waals surface area contributed by atoms with Crippen molar-refractivity contribution < 1.29 is 4.42 Å². The van der Waals surface area contributed by atoms with Crippen molar-refractivity contribution in [2.24, 2.45) is 5.92 Å². The van der Waals surface area contributed by atoms with E-state index in [-0.39, 0.29) is 30.2 Å². The molecule has 5 unspecified atom stereocenters. The van der Waals surface area contributed by atoms with E-state index in [9.17, 15) is 0 Å². The van der Waals surface area contributed by atoms with Crippen molar-refractivity contribution in [3.05, 3.63) is 227 Å². The molecule has 5 nitrogen and oxygen atoms in total. The minimum Gasteiger partial charge on any atom is -0.460 e. The maximum Gasteiger partial charge on any atom is 0.156 e. The lowest BCUT2D eigenvalue weighted by Gasteiger charge is -2.45. The first-order valence-electron chi connectivity index (χ1n) is 24.0. The van der Waals surface area contributed by atoms with Gasteiger partial charge in [0.05, 0.1) is 17.3 Å². The molecule has 67 heavy (non-hydrogen) atoms. The molecule has 0 saturated carbocycles. The number of aromatic nitrogens is 1. The summed E-state index contributed by atoms with van der Waals surface area (Å²) in [5.41, 5.74) is 22.7. The van der Waals surface area contributed by atoms with Gasteiger partial charge < -0.3 is 19.2 Å². The molecule has 4 aliphatic carbocycles. The third kappa shape index (κ3) is 5.46. The lowest BCUT2D eigenvalue weighted by Crippen LogP contribution is -2.58. The average Bonchev–Trinajstić information content (AvgIpc) is 4.06. The highest BCUT2D eigenvalue weighted by atomic mass is 16.3. The number of allylic oxidation sites excluding steroid dienone is 4. The molecule has 4 heterocycles. The molecule has 9 aromatic rings. The highest BCUT2D eigenvalue weighted by Gasteiger charge is 2.49. The Balaban J connectivity index is 0.879. The fraction of sp³-hybridized carbons (Fsp3) is 0.129. The predicted molar refractivity (Wildman–Crippen MR) is 275 cm³/mol. The number of nitrogens with one attached hydrogen (secondary N) is 2. The van der Waals surface area contributed by atoms with Crippen LogP contribution in [-0.4, -0.2) is 16.9 Å². The van der Waals surface area contributed by atoms with Crippen LogP contribution in [0.25, 0.3) is 78.7 Å². The molecule has 15 rings (SSSR count). The lowest BCUT2D eigenvalue weighted by atomic mass is 9.75. The van der Waals surface area contributed by atoms with Crippen LogP contribution in [0.3, 0.4) is 0 Å². The van der Waals surface area contributed by atoms with E-state index in [1.54, 1.807) is 0 Å². The van der Waals surface area contributed by atoms with Crippen LogP contribution in [0.1, 0.15) is 64.1 Å². The molecule has 2 aliphatic heterocycles. The van der Waals surface area contributed by atoms with Crippen LogP contribution in [0, 0.1) is 5.92 Å². The van der Waals surface area contributed by atoms with Crippen LogP contribution in [0.2, 0.25) is 0 Å². The van der Waals surface area contributed by atoms with Crippen LogP contribution in [0.15, 0.2) is 193 Å². The normalized spacial score (nSPS) is 21.3. The number of nitrogens with zero attached hydrogens (tertiary/aromatic N) is 2. The zero-order chi connectivity index (χ0) is 43.7. The number of para-hydroxylation sites is 2. The molecule has 5 heteroatoms. The molecule has 0 saturated heterocycles. The van der Waals surface area contributed by atoms with Gasteiger partial charge in [-0.3, -0.25) is 5.32 Å². The van der Waals surface area contributed by atoms with E-state index in [4.69, 9.17) is 4.42 Å². The van der Waals surface area contributed by atoms with Gasteiger partial charge in [0.25, 0.3) is 0 Å². The molecule has 0 amide bonds. The molecule has 7 aromatic carbocycles. The van der Waals surface area contributed by atoms with Gasteiger partial charge in [0.1, 0.15) is 11.3 Å². The highest BCUT2D eigenvalue weighted by Crippen LogP contribution is 2.59. The number of anilines is 2. The number of rotatable bonds is 5. The average molecular weight is 863 g/mol. The summed E-state index contributed by atoms with van der Waals surface area (Å²) in [6.45, 7) is 0. The molecule has 5 atom stereocenters. The van der Waals surface area contributed by atoms with E-state index in [1.165, 1.54) is 106 Å². The third-order valence-electron chi connectivity index (χ3n) is 15.7. The van der Waals surface area contributed by atoms with Crippen LogP contribution in [0.4, 0.5) is 11.4 Å². The van der Waals surface area contributed by atoms with Crippen LogP contribution < -0.4 is 15.5 Å². The first-order valence-corrected chi connectivity index (χ1v) is 24.0. The van der Waals surface area contributed by atoms with Gasteiger partial charge >= 0.3 is 0 Å². The molecule has 2 N–H and O–H groups in total. The highest BCUT2D eigenvalue weighted by molar-refractivity contribution is 6.08. The van der Waals surface area contributed by atoms with Crippen LogP contribution in [0.5, 0.6) is 0 Å². The van der Waals surface area contributed by atoms with Gasteiger partial charge in [0.2, 0.25) is 0 Å². The fourth-order valence-electron chi connectivity index (χ4n) is 12.8. The second-order valence-corrected chi connectivity index (χ2v) is 19.1. The maximum atomic E-state index is 6.54. The summed E-state index contributed by atoms with van der Waals surface area (Å²) in [5, 5.41) is 10.8. The summed E-state index contributed by atoms with van der Waals surface area (Å²) in [5.74, 6) is 1.36. The molecule has 6 aliphatic rings. The Kier molecular flexibility index (Phi) is 7.99. The molecule has 2 aromatic heterocycles. The molecule has 320 valence electrons. The molecule has 0 spiro atoms. The van der Waals surface area contributed by atoms with E-state index >= 15 is 0 Å².